The minimum atomic E-state index is -0.455. The van der Waals surface area contributed by atoms with Gasteiger partial charge < -0.3 is 14.5 Å². The van der Waals surface area contributed by atoms with Crippen molar-refractivity contribution in [2.24, 2.45) is 5.92 Å². The second-order valence-corrected chi connectivity index (χ2v) is 7.78. The van der Waals surface area contributed by atoms with Crippen molar-refractivity contribution in [2.45, 2.75) is 45.8 Å². The minimum absolute atomic E-state index is 0.216. The van der Waals surface area contributed by atoms with Crippen LogP contribution in [-0.4, -0.2) is 58.1 Å². The Morgan fingerprint density at radius 1 is 1.42 bits per heavy atom. The van der Waals surface area contributed by atoms with Gasteiger partial charge in [0.2, 0.25) is 0 Å². The van der Waals surface area contributed by atoms with Crippen LogP contribution in [0.4, 0.5) is 4.79 Å². The molecule has 1 aromatic rings. The number of carbonyl (C=O) groups excluding carboxylic acids is 1. The summed E-state index contributed by atoms with van der Waals surface area (Å²) < 4.78 is 5.48. The molecule has 6 nitrogen and oxygen atoms in total. The molecule has 1 aliphatic heterocycles. The fraction of sp³-hybridized carbons (Fsp3) is 0.706. The topological polar surface area (TPSA) is 58.6 Å². The summed E-state index contributed by atoms with van der Waals surface area (Å²) >= 11 is 6.07. The Labute approximate surface area is 149 Å². The zero-order chi connectivity index (χ0) is 17.7. The number of rotatable bonds is 4. The monoisotopic (exact) mass is 354 g/mol. The predicted molar refractivity (Wildman–Crippen MR) is 93.9 cm³/mol. The highest BCUT2D eigenvalue weighted by Gasteiger charge is 2.28. The lowest BCUT2D eigenvalue weighted by atomic mass is 9.98. The van der Waals surface area contributed by atoms with Crippen molar-refractivity contribution in [1.29, 1.82) is 0 Å². The Kier molecular flexibility index (Phi) is 6.40. The number of hydrogen-bond acceptors (Lipinski definition) is 5. The molecule has 24 heavy (non-hydrogen) atoms. The first-order valence-electron chi connectivity index (χ1n) is 8.36. The van der Waals surface area contributed by atoms with Crippen LogP contribution in [0.25, 0.3) is 0 Å². The van der Waals surface area contributed by atoms with E-state index < -0.39 is 5.60 Å². The summed E-state index contributed by atoms with van der Waals surface area (Å²) in [6.45, 7) is 8.71. The second-order valence-electron chi connectivity index (χ2n) is 7.43. The van der Waals surface area contributed by atoms with Crippen molar-refractivity contribution in [1.82, 2.24) is 19.8 Å². The van der Waals surface area contributed by atoms with E-state index in [1.54, 1.807) is 12.4 Å². The standard InChI is InChI=1S/C17H27ClN4O2/c1-17(2,3)24-16(23)22-9-5-6-13(11-22)10-21(4)12-14-15(18)20-8-7-19-14/h7-8,13H,5-6,9-12H2,1-4H3. The third-order valence-electron chi connectivity index (χ3n) is 3.88. The molecule has 2 rings (SSSR count). The first kappa shape index (κ1) is 18.9. The molecule has 0 radical (unpaired) electrons. The first-order valence-corrected chi connectivity index (χ1v) is 8.74. The molecule has 2 heterocycles. The van der Waals surface area contributed by atoms with E-state index in [2.05, 4.69) is 14.9 Å². The SMILES string of the molecule is CN(Cc1nccnc1Cl)CC1CCCN(C(=O)OC(C)(C)C)C1. The Hall–Kier alpha value is -1.40. The normalized spacial score (nSPS) is 18.8. The average Bonchev–Trinajstić information content (AvgIpc) is 2.48. The van der Waals surface area contributed by atoms with Gasteiger partial charge in [0.15, 0.2) is 5.15 Å². The van der Waals surface area contributed by atoms with E-state index in [9.17, 15) is 4.79 Å². The highest BCUT2D eigenvalue weighted by atomic mass is 35.5. The van der Waals surface area contributed by atoms with Gasteiger partial charge in [0, 0.05) is 38.6 Å². The summed E-state index contributed by atoms with van der Waals surface area (Å²) in [7, 11) is 2.04. The zero-order valence-electron chi connectivity index (χ0n) is 15.0. The van der Waals surface area contributed by atoms with Gasteiger partial charge in [-0.15, -0.1) is 0 Å². The summed E-state index contributed by atoms with van der Waals surface area (Å²) in [4.78, 5) is 24.6. The van der Waals surface area contributed by atoms with Crippen LogP contribution in [0.3, 0.4) is 0 Å². The zero-order valence-corrected chi connectivity index (χ0v) is 15.7. The Bertz CT molecular complexity index is 562. The van der Waals surface area contributed by atoms with E-state index >= 15 is 0 Å². The molecule has 0 saturated carbocycles. The van der Waals surface area contributed by atoms with Crippen molar-refractivity contribution in [2.75, 3.05) is 26.7 Å². The molecule has 1 fully saturated rings. The predicted octanol–water partition coefficient (Wildman–Crippen LogP) is 3.21. The van der Waals surface area contributed by atoms with Crippen LogP contribution in [-0.2, 0) is 11.3 Å². The molecular weight excluding hydrogens is 328 g/mol. The number of likely N-dealkylation sites (tertiary alicyclic amines) is 1. The number of halogens is 1. The van der Waals surface area contributed by atoms with Gasteiger partial charge in [0.1, 0.15) is 5.60 Å². The molecule has 0 bridgehead atoms. The van der Waals surface area contributed by atoms with Gasteiger partial charge in [-0.1, -0.05) is 11.6 Å². The number of hydrogen-bond donors (Lipinski definition) is 0. The first-order chi connectivity index (χ1) is 11.2. The number of nitrogens with zero attached hydrogens (tertiary/aromatic N) is 4. The molecule has 1 amide bonds. The second kappa shape index (κ2) is 8.12. The smallest absolute Gasteiger partial charge is 0.410 e. The van der Waals surface area contributed by atoms with Crippen LogP contribution in [0.2, 0.25) is 5.15 Å². The molecule has 7 heteroatoms. The third-order valence-corrected chi connectivity index (χ3v) is 4.20. The van der Waals surface area contributed by atoms with E-state index in [4.69, 9.17) is 16.3 Å². The van der Waals surface area contributed by atoms with Gasteiger partial charge in [0.25, 0.3) is 0 Å². The van der Waals surface area contributed by atoms with Gasteiger partial charge in [-0.05, 0) is 46.6 Å². The quantitative estimate of drug-likeness (QED) is 0.831. The number of carbonyl (C=O) groups is 1. The fourth-order valence-electron chi connectivity index (χ4n) is 2.92. The molecule has 1 aromatic heterocycles. The van der Waals surface area contributed by atoms with Gasteiger partial charge in [-0.25, -0.2) is 9.78 Å². The van der Waals surface area contributed by atoms with Crippen molar-refractivity contribution in [3.8, 4) is 0 Å². The van der Waals surface area contributed by atoms with Crippen LogP contribution in [0.1, 0.15) is 39.3 Å². The average molecular weight is 355 g/mol. The summed E-state index contributed by atoms with van der Waals surface area (Å²) in [5, 5.41) is 0.448. The lowest BCUT2D eigenvalue weighted by Crippen LogP contribution is -2.45. The maximum atomic E-state index is 12.2. The van der Waals surface area contributed by atoms with Gasteiger partial charge in [-0.3, -0.25) is 4.98 Å². The Morgan fingerprint density at radius 3 is 2.79 bits per heavy atom. The molecule has 1 atom stereocenters. The molecule has 1 aliphatic rings. The van der Waals surface area contributed by atoms with Crippen LogP contribution >= 0.6 is 11.6 Å². The number of aromatic nitrogens is 2. The minimum Gasteiger partial charge on any atom is -0.444 e. The van der Waals surface area contributed by atoms with Crippen molar-refractivity contribution < 1.29 is 9.53 Å². The number of amides is 1. The summed E-state index contributed by atoms with van der Waals surface area (Å²) in [6.07, 6.45) is 5.14. The van der Waals surface area contributed by atoms with E-state index in [0.29, 0.717) is 17.6 Å². The highest BCUT2D eigenvalue weighted by molar-refractivity contribution is 6.29. The van der Waals surface area contributed by atoms with Crippen LogP contribution in [0.5, 0.6) is 0 Å². The molecular formula is C17H27ClN4O2. The molecule has 1 unspecified atom stereocenters. The van der Waals surface area contributed by atoms with E-state index in [0.717, 1.165) is 38.2 Å². The fourth-order valence-corrected chi connectivity index (χ4v) is 3.09. The lowest BCUT2D eigenvalue weighted by Gasteiger charge is -2.35. The van der Waals surface area contributed by atoms with Crippen molar-refractivity contribution in [3.63, 3.8) is 0 Å². The van der Waals surface area contributed by atoms with E-state index in [1.807, 2.05) is 32.7 Å². The largest absolute Gasteiger partial charge is 0.444 e. The van der Waals surface area contributed by atoms with Crippen molar-refractivity contribution in [3.05, 3.63) is 23.2 Å². The van der Waals surface area contributed by atoms with E-state index in [-0.39, 0.29) is 6.09 Å². The van der Waals surface area contributed by atoms with Gasteiger partial charge in [0.05, 0.1) is 5.69 Å². The maximum absolute atomic E-state index is 12.2. The summed E-state index contributed by atoms with van der Waals surface area (Å²) in [5.74, 6) is 0.423. The summed E-state index contributed by atoms with van der Waals surface area (Å²) in [6, 6.07) is 0. The third kappa shape index (κ3) is 5.91. The van der Waals surface area contributed by atoms with Crippen LogP contribution in [0, 0.1) is 5.92 Å². The maximum Gasteiger partial charge on any atom is 0.410 e. The van der Waals surface area contributed by atoms with Gasteiger partial charge >= 0.3 is 6.09 Å². The van der Waals surface area contributed by atoms with Crippen molar-refractivity contribution >= 4 is 17.7 Å². The number of ether oxygens (including phenoxy) is 1. The molecule has 1 saturated heterocycles. The molecule has 0 spiro atoms. The highest BCUT2D eigenvalue weighted by Crippen LogP contribution is 2.21. The molecule has 0 aromatic carbocycles. The molecule has 0 aliphatic carbocycles. The van der Waals surface area contributed by atoms with E-state index in [1.165, 1.54) is 0 Å². The number of piperidine rings is 1. The van der Waals surface area contributed by atoms with Gasteiger partial charge in [-0.2, -0.15) is 0 Å². The lowest BCUT2D eigenvalue weighted by molar-refractivity contribution is 0.0147. The molecule has 0 N–H and O–H groups in total. The summed E-state index contributed by atoms with van der Waals surface area (Å²) in [5.41, 5.74) is 0.324. The van der Waals surface area contributed by atoms with Crippen LogP contribution in [0.15, 0.2) is 12.4 Å². The van der Waals surface area contributed by atoms with Crippen LogP contribution < -0.4 is 0 Å². The Morgan fingerprint density at radius 2 is 2.12 bits per heavy atom. The Balaban J connectivity index is 1.86. The molecule has 134 valence electrons.